The average molecular weight is 506 g/mol. The van der Waals surface area contributed by atoms with Crippen molar-refractivity contribution in [3.8, 4) is 0 Å². The number of amides is 1. The van der Waals surface area contributed by atoms with Crippen LogP contribution in [0.25, 0.3) is 0 Å². The number of aromatic nitrogens is 1. The van der Waals surface area contributed by atoms with Crippen LogP contribution in [0.2, 0.25) is 5.02 Å². The molecule has 1 saturated heterocycles. The number of aliphatic hydroxyl groups excluding tert-OH is 1. The molecule has 1 amide bonds. The summed E-state index contributed by atoms with van der Waals surface area (Å²) in [5.41, 5.74) is 3.39. The quantitative estimate of drug-likeness (QED) is 0.499. The van der Waals surface area contributed by atoms with Crippen LogP contribution < -0.4 is 5.32 Å². The maximum Gasteiger partial charge on any atom is 0.236 e. The molecule has 0 saturated carbocycles. The van der Waals surface area contributed by atoms with E-state index in [9.17, 15) is 9.90 Å². The van der Waals surface area contributed by atoms with Gasteiger partial charge in [-0.15, -0.1) is 0 Å². The van der Waals surface area contributed by atoms with Gasteiger partial charge in [-0.3, -0.25) is 9.78 Å². The van der Waals surface area contributed by atoms with Gasteiger partial charge in [-0.1, -0.05) is 61.0 Å². The molecular formula is C29H32ClN3O3. The lowest BCUT2D eigenvalue weighted by Crippen LogP contribution is -2.50. The molecule has 2 N–H and O–H groups in total. The van der Waals surface area contributed by atoms with Crippen molar-refractivity contribution in [1.82, 2.24) is 15.2 Å². The van der Waals surface area contributed by atoms with Gasteiger partial charge in [0.05, 0.1) is 25.4 Å². The summed E-state index contributed by atoms with van der Waals surface area (Å²) in [5, 5.41) is 14.6. The number of nitrogens with zero attached hydrogens (tertiary/aromatic N) is 2. The fourth-order valence-corrected chi connectivity index (χ4v) is 5.76. The lowest BCUT2D eigenvalue weighted by atomic mass is 9.74. The summed E-state index contributed by atoms with van der Waals surface area (Å²) in [4.78, 5) is 19.5. The Bertz CT molecular complexity index is 1200. The lowest BCUT2D eigenvalue weighted by molar-refractivity contribution is -0.137. The predicted molar refractivity (Wildman–Crippen MR) is 140 cm³/mol. The van der Waals surface area contributed by atoms with E-state index in [0.29, 0.717) is 24.7 Å². The molecule has 0 radical (unpaired) electrons. The van der Waals surface area contributed by atoms with E-state index in [-0.39, 0.29) is 30.7 Å². The van der Waals surface area contributed by atoms with Crippen LogP contribution in [0, 0.1) is 0 Å². The number of hydrogen-bond acceptors (Lipinski definition) is 5. The molecule has 0 bridgehead atoms. The van der Waals surface area contributed by atoms with Crippen LogP contribution in [-0.2, 0) is 27.2 Å². The zero-order valence-electron chi connectivity index (χ0n) is 20.5. The second-order valence-electron chi connectivity index (χ2n) is 10.0. The summed E-state index contributed by atoms with van der Waals surface area (Å²) >= 11 is 6.14. The minimum absolute atomic E-state index is 0.0431. The van der Waals surface area contributed by atoms with Crippen LogP contribution in [0.15, 0.2) is 73.1 Å². The molecule has 2 aliphatic heterocycles. The SMILES string of the molecule is CC(CO)(c1cccnc1)C(NCC(=O)N1CCC2(CC1)OCc1ccccc12)c1ccc(Cl)cc1. The van der Waals surface area contributed by atoms with E-state index in [2.05, 4.69) is 28.5 Å². The molecule has 0 aliphatic carbocycles. The third-order valence-electron chi connectivity index (χ3n) is 7.88. The molecule has 36 heavy (non-hydrogen) atoms. The van der Waals surface area contributed by atoms with Crippen LogP contribution in [-0.4, -0.2) is 47.1 Å². The zero-order chi connectivity index (χ0) is 25.2. The van der Waals surface area contributed by atoms with Crippen molar-refractivity contribution in [2.24, 2.45) is 0 Å². The fraction of sp³-hybridized carbons (Fsp3) is 0.379. The first-order valence-electron chi connectivity index (χ1n) is 12.5. The number of benzene rings is 2. The van der Waals surface area contributed by atoms with Crippen molar-refractivity contribution in [3.63, 3.8) is 0 Å². The smallest absolute Gasteiger partial charge is 0.236 e. The number of ether oxygens (including phenoxy) is 1. The molecule has 3 heterocycles. The second-order valence-corrected chi connectivity index (χ2v) is 10.4. The van der Waals surface area contributed by atoms with Crippen LogP contribution in [0.3, 0.4) is 0 Å². The summed E-state index contributed by atoms with van der Waals surface area (Å²) < 4.78 is 6.26. The number of pyridine rings is 1. The van der Waals surface area contributed by atoms with E-state index in [0.717, 1.165) is 24.0 Å². The van der Waals surface area contributed by atoms with Gasteiger partial charge >= 0.3 is 0 Å². The van der Waals surface area contributed by atoms with E-state index in [1.165, 1.54) is 11.1 Å². The van der Waals surface area contributed by atoms with E-state index < -0.39 is 5.41 Å². The molecule has 2 aliphatic rings. The Balaban J connectivity index is 1.30. The Kier molecular flexibility index (Phi) is 7.13. The van der Waals surface area contributed by atoms with E-state index >= 15 is 0 Å². The molecule has 5 rings (SSSR count). The summed E-state index contributed by atoms with van der Waals surface area (Å²) in [6.07, 6.45) is 5.07. The summed E-state index contributed by atoms with van der Waals surface area (Å²) in [7, 11) is 0. The van der Waals surface area contributed by atoms with Crippen molar-refractivity contribution in [3.05, 3.63) is 100 Å². The van der Waals surface area contributed by atoms with E-state index in [4.69, 9.17) is 16.3 Å². The number of aliphatic hydroxyl groups is 1. The first kappa shape index (κ1) is 24.9. The maximum atomic E-state index is 13.3. The van der Waals surface area contributed by atoms with Gasteiger partial charge in [-0.05, 0) is 53.3 Å². The Hall–Kier alpha value is -2.77. The van der Waals surface area contributed by atoms with Gasteiger partial charge in [-0.25, -0.2) is 0 Å². The Morgan fingerprint density at radius 3 is 2.61 bits per heavy atom. The van der Waals surface area contributed by atoms with E-state index in [1.54, 1.807) is 12.4 Å². The first-order chi connectivity index (χ1) is 17.4. The highest BCUT2D eigenvalue weighted by Crippen LogP contribution is 2.44. The molecule has 1 spiro atoms. The number of halogens is 1. The van der Waals surface area contributed by atoms with Crippen LogP contribution in [0.1, 0.15) is 48.1 Å². The molecule has 1 aromatic heterocycles. The van der Waals surface area contributed by atoms with Crippen molar-refractivity contribution in [2.45, 2.75) is 43.4 Å². The summed E-state index contributed by atoms with van der Waals surface area (Å²) in [6.45, 7) is 3.98. The fourth-order valence-electron chi connectivity index (χ4n) is 5.63. The third-order valence-corrected chi connectivity index (χ3v) is 8.14. The number of carbonyl (C=O) groups excluding carboxylic acids is 1. The predicted octanol–water partition coefficient (Wildman–Crippen LogP) is 4.36. The summed E-state index contributed by atoms with van der Waals surface area (Å²) in [5.74, 6) is 0.0431. The van der Waals surface area contributed by atoms with Gasteiger partial charge in [0.15, 0.2) is 0 Å². The Labute approximate surface area is 217 Å². The van der Waals surface area contributed by atoms with E-state index in [1.807, 2.05) is 54.3 Å². The number of carbonyl (C=O) groups is 1. The molecule has 3 aromatic rings. The zero-order valence-corrected chi connectivity index (χ0v) is 21.2. The van der Waals surface area contributed by atoms with Crippen molar-refractivity contribution in [2.75, 3.05) is 26.2 Å². The summed E-state index contributed by atoms with van der Waals surface area (Å²) in [6, 6.07) is 19.4. The Morgan fingerprint density at radius 1 is 1.17 bits per heavy atom. The van der Waals surface area contributed by atoms with Crippen molar-refractivity contribution in [1.29, 1.82) is 0 Å². The number of nitrogens with one attached hydrogen (secondary N) is 1. The number of rotatable bonds is 7. The average Bonchev–Trinajstić information content (AvgIpc) is 3.28. The van der Waals surface area contributed by atoms with Gasteiger partial charge < -0.3 is 20.1 Å². The second kappa shape index (κ2) is 10.3. The number of piperidine rings is 1. The lowest BCUT2D eigenvalue weighted by Gasteiger charge is -2.40. The van der Waals surface area contributed by atoms with Crippen molar-refractivity contribution < 1.29 is 14.6 Å². The minimum atomic E-state index is -0.699. The molecule has 2 unspecified atom stereocenters. The van der Waals surface area contributed by atoms with Crippen LogP contribution in [0.5, 0.6) is 0 Å². The number of hydrogen-bond donors (Lipinski definition) is 2. The topological polar surface area (TPSA) is 74.7 Å². The molecule has 1 fully saturated rings. The molecule has 6 nitrogen and oxygen atoms in total. The van der Waals surface area contributed by atoms with Gasteiger partial charge in [-0.2, -0.15) is 0 Å². The van der Waals surface area contributed by atoms with Gasteiger partial charge in [0, 0.05) is 42.0 Å². The maximum absolute atomic E-state index is 13.3. The highest BCUT2D eigenvalue weighted by atomic mass is 35.5. The standard InChI is InChI=1S/C29H32ClN3O3/c1-28(20-34,23-6-4-14-31-17-23)27(21-8-10-24(30)11-9-21)32-18-26(35)33-15-12-29(13-16-33)25-7-3-2-5-22(25)19-36-29/h2-11,14,17,27,32,34H,12-13,15-16,18-20H2,1H3. The Morgan fingerprint density at radius 2 is 1.92 bits per heavy atom. The molecular weight excluding hydrogens is 474 g/mol. The molecule has 188 valence electrons. The molecule has 2 atom stereocenters. The van der Waals surface area contributed by atoms with Gasteiger partial charge in [0.25, 0.3) is 0 Å². The normalized spacial score (nSPS) is 19.0. The van der Waals surface area contributed by atoms with Gasteiger partial charge in [0.1, 0.15) is 0 Å². The van der Waals surface area contributed by atoms with Gasteiger partial charge in [0.2, 0.25) is 5.91 Å². The van der Waals surface area contributed by atoms with Crippen LogP contribution in [0.4, 0.5) is 0 Å². The monoisotopic (exact) mass is 505 g/mol. The van der Waals surface area contributed by atoms with Crippen molar-refractivity contribution >= 4 is 17.5 Å². The first-order valence-corrected chi connectivity index (χ1v) is 12.8. The molecule has 2 aromatic carbocycles. The minimum Gasteiger partial charge on any atom is -0.395 e. The number of likely N-dealkylation sites (tertiary alicyclic amines) is 1. The van der Waals surface area contributed by atoms with Crippen LogP contribution >= 0.6 is 11.6 Å². The third kappa shape index (κ3) is 4.66. The largest absolute Gasteiger partial charge is 0.395 e. The number of fused-ring (bicyclic) bond motifs is 2. The highest BCUT2D eigenvalue weighted by molar-refractivity contribution is 6.30. The molecule has 7 heteroatoms. The highest BCUT2D eigenvalue weighted by Gasteiger charge is 2.43.